The van der Waals surface area contributed by atoms with Gasteiger partial charge in [-0.05, 0) is 12.1 Å². The number of thioether (sulfide) groups is 1. The maximum Gasteiger partial charge on any atom is 0.234 e. The van der Waals surface area contributed by atoms with Gasteiger partial charge in [-0.15, -0.1) is 11.3 Å². The summed E-state index contributed by atoms with van der Waals surface area (Å²) in [5.41, 5.74) is 2.58. The number of nitrogens with zero attached hydrogens (tertiary/aromatic N) is 1. The molecule has 1 aromatic heterocycles. The number of benzene rings is 2. The summed E-state index contributed by atoms with van der Waals surface area (Å²) in [6, 6.07) is 15.3. The number of thiazole rings is 1. The molecule has 3 rings (SSSR count). The Kier molecular flexibility index (Phi) is 6.14. The Morgan fingerprint density at radius 2 is 1.96 bits per heavy atom. The molecule has 0 unspecified atom stereocenters. The third-order valence-corrected chi connectivity index (χ3v) is 5.58. The number of carbonyl (C=O) groups is 1. The minimum Gasteiger partial charge on any atom is -0.497 e. The van der Waals surface area contributed by atoms with Crippen LogP contribution in [0.1, 0.15) is 0 Å². The second-order valence-electron chi connectivity index (χ2n) is 5.27. The number of hydrogen-bond acceptors (Lipinski definition) is 6. The Morgan fingerprint density at radius 1 is 1.15 bits per heavy atom. The molecule has 0 bridgehead atoms. The van der Waals surface area contributed by atoms with Crippen LogP contribution < -0.4 is 14.8 Å². The molecule has 0 saturated heterocycles. The average Bonchev–Trinajstić information content (AvgIpc) is 3.16. The summed E-state index contributed by atoms with van der Waals surface area (Å²) in [6.07, 6.45) is 0. The highest BCUT2D eigenvalue weighted by Gasteiger charge is 2.11. The minimum atomic E-state index is -0.127. The van der Waals surface area contributed by atoms with Crippen LogP contribution in [0.4, 0.5) is 5.69 Å². The molecule has 5 nitrogen and oxygen atoms in total. The first-order chi connectivity index (χ1) is 12.7. The van der Waals surface area contributed by atoms with E-state index in [4.69, 9.17) is 9.47 Å². The fraction of sp³-hybridized carbons (Fsp3) is 0.158. The van der Waals surface area contributed by atoms with Crippen molar-refractivity contribution in [2.24, 2.45) is 0 Å². The Balaban J connectivity index is 1.61. The van der Waals surface area contributed by atoms with Crippen molar-refractivity contribution < 1.29 is 14.3 Å². The Labute approximate surface area is 160 Å². The van der Waals surface area contributed by atoms with Crippen molar-refractivity contribution in [1.29, 1.82) is 0 Å². The van der Waals surface area contributed by atoms with E-state index >= 15 is 0 Å². The van der Waals surface area contributed by atoms with Crippen molar-refractivity contribution in [2.75, 3.05) is 25.3 Å². The second kappa shape index (κ2) is 8.73. The van der Waals surface area contributed by atoms with Gasteiger partial charge in [0, 0.05) is 17.0 Å². The summed E-state index contributed by atoms with van der Waals surface area (Å²) in [7, 11) is 3.14. The lowest BCUT2D eigenvalue weighted by Crippen LogP contribution is -2.14. The molecule has 2 aromatic carbocycles. The predicted molar refractivity (Wildman–Crippen MR) is 106 cm³/mol. The third kappa shape index (κ3) is 4.56. The van der Waals surface area contributed by atoms with E-state index in [1.165, 1.54) is 23.1 Å². The molecule has 1 heterocycles. The van der Waals surface area contributed by atoms with E-state index in [0.717, 1.165) is 15.6 Å². The molecule has 1 N–H and O–H groups in total. The largest absolute Gasteiger partial charge is 0.497 e. The molecule has 0 saturated carbocycles. The van der Waals surface area contributed by atoms with Crippen molar-refractivity contribution >= 4 is 34.7 Å². The lowest BCUT2D eigenvalue weighted by atomic mass is 10.2. The summed E-state index contributed by atoms with van der Waals surface area (Å²) in [5, 5.41) is 4.86. The maximum atomic E-state index is 12.3. The summed E-state index contributed by atoms with van der Waals surface area (Å²) in [6.45, 7) is 0. The third-order valence-electron chi connectivity index (χ3n) is 3.56. The molecular formula is C19H18N2O3S2. The van der Waals surface area contributed by atoms with Gasteiger partial charge in [-0.2, -0.15) is 0 Å². The molecule has 0 spiro atoms. The van der Waals surface area contributed by atoms with Gasteiger partial charge in [-0.3, -0.25) is 4.79 Å². The minimum absolute atomic E-state index is 0.127. The van der Waals surface area contributed by atoms with E-state index in [1.54, 1.807) is 32.4 Å². The number of carbonyl (C=O) groups excluding carboxylic acids is 1. The van der Waals surface area contributed by atoms with Gasteiger partial charge in [-0.1, -0.05) is 42.1 Å². The van der Waals surface area contributed by atoms with Crippen molar-refractivity contribution in [2.45, 2.75) is 4.34 Å². The van der Waals surface area contributed by atoms with Crippen LogP contribution in [0.2, 0.25) is 0 Å². The molecule has 0 aliphatic rings. The van der Waals surface area contributed by atoms with Gasteiger partial charge in [-0.25, -0.2) is 4.98 Å². The van der Waals surface area contributed by atoms with Gasteiger partial charge < -0.3 is 14.8 Å². The molecule has 7 heteroatoms. The van der Waals surface area contributed by atoms with Gasteiger partial charge >= 0.3 is 0 Å². The number of nitrogens with one attached hydrogen (secondary N) is 1. The van der Waals surface area contributed by atoms with Crippen LogP contribution in [0.5, 0.6) is 11.5 Å². The first-order valence-electron chi connectivity index (χ1n) is 7.85. The van der Waals surface area contributed by atoms with Gasteiger partial charge in [0.1, 0.15) is 11.5 Å². The number of methoxy groups -OCH3 is 2. The van der Waals surface area contributed by atoms with E-state index in [0.29, 0.717) is 17.2 Å². The van der Waals surface area contributed by atoms with Gasteiger partial charge in [0.15, 0.2) is 4.34 Å². The zero-order valence-electron chi connectivity index (χ0n) is 14.4. The molecule has 3 aromatic rings. The normalized spacial score (nSPS) is 10.4. The highest BCUT2D eigenvalue weighted by Crippen LogP contribution is 2.30. The molecular weight excluding hydrogens is 368 g/mol. The van der Waals surface area contributed by atoms with E-state index < -0.39 is 0 Å². The molecule has 0 aliphatic carbocycles. The smallest absolute Gasteiger partial charge is 0.234 e. The highest BCUT2D eigenvalue weighted by atomic mass is 32.2. The SMILES string of the molecule is COc1ccc(OC)c(NC(=O)CSc2nc(-c3ccccc3)cs2)c1. The number of hydrogen-bond donors (Lipinski definition) is 1. The number of aromatic nitrogens is 1. The average molecular weight is 386 g/mol. The zero-order chi connectivity index (χ0) is 18.4. The Morgan fingerprint density at radius 3 is 2.69 bits per heavy atom. The molecule has 0 aliphatic heterocycles. The summed E-state index contributed by atoms with van der Waals surface area (Å²) < 4.78 is 11.3. The molecule has 1 amide bonds. The number of ether oxygens (including phenoxy) is 2. The summed E-state index contributed by atoms with van der Waals surface area (Å²) >= 11 is 2.94. The van der Waals surface area contributed by atoms with Crippen LogP contribution in [-0.4, -0.2) is 30.9 Å². The quantitative estimate of drug-likeness (QED) is 0.603. The lowest BCUT2D eigenvalue weighted by Gasteiger charge is -2.11. The number of rotatable bonds is 7. The van der Waals surface area contributed by atoms with Gasteiger partial charge in [0.25, 0.3) is 0 Å². The fourth-order valence-corrected chi connectivity index (χ4v) is 3.93. The monoisotopic (exact) mass is 386 g/mol. The predicted octanol–water partition coefficient (Wildman–Crippen LogP) is 4.56. The molecule has 0 radical (unpaired) electrons. The Hall–Kier alpha value is -2.51. The summed E-state index contributed by atoms with van der Waals surface area (Å²) in [5.74, 6) is 1.38. The van der Waals surface area contributed by atoms with Crippen LogP contribution >= 0.6 is 23.1 Å². The van der Waals surface area contributed by atoms with Crippen LogP contribution in [0.3, 0.4) is 0 Å². The topological polar surface area (TPSA) is 60.5 Å². The number of anilines is 1. The highest BCUT2D eigenvalue weighted by molar-refractivity contribution is 8.01. The molecule has 0 fully saturated rings. The van der Waals surface area contributed by atoms with Crippen molar-refractivity contribution in [1.82, 2.24) is 4.98 Å². The van der Waals surface area contributed by atoms with Crippen LogP contribution in [0.25, 0.3) is 11.3 Å². The lowest BCUT2D eigenvalue weighted by molar-refractivity contribution is -0.113. The van der Waals surface area contributed by atoms with Crippen LogP contribution in [-0.2, 0) is 4.79 Å². The zero-order valence-corrected chi connectivity index (χ0v) is 16.0. The van der Waals surface area contributed by atoms with Crippen LogP contribution in [0.15, 0.2) is 58.3 Å². The number of amides is 1. The molecule has 0 atom stereocenters. The van der Waals surface area contributed by atoms with E-state index in [-0.39, 0.29) is 11.7 Å². The standard InChI is InChI=1S/C19H18N2O3S2/c1-23-14-8-9-17(24-2)15(10-14)20-18(22)12-26-19-21-16(11-25-19)13-6-4-3-5-7-13/h3-11H,12H2,1-2H3,(H,20,22). The molecule has 134 valence electrons. The maximum absolute atomic E-state index is 12.3. The van der Waals surface area contributed by atoms with Gasteiger partial charge in [0.2, 0.25) is 5.91 Å². The fourth-order valence-electron chi connectivity index (χ4n) is 2.29. The summed E-state index contributed by atoms with van der Waals surface area (Å²) in [4.78, 5) is 16.9. The molecule has 26 heavy (non-hydrogen) atoms. The first kappa shape index (κ1) is 18.3. The Bertz CT molecular complexity index is 882. The van der Waals surface area contributed by atoms with E-state index in [2.05, 4.69) is 10.3 Å². The van der Waals surface area contributed by atoms with Gasteiger partial charge in [0.05, 0.1) is 31.4 Å². The van der Waals surface area contributed by atoms with Crippen molar-refractivity contribution in [3.05, 3.63) is 53.9 Å². The first-order valence-corrected chi connectivity index (χ1v) is 9.71. The van der Waals surface area contributed by atoms with Crippen molar-refractivity contribution in [3.63, 3.8) is 0 Å². The van der Waals surface area contributed by atoms with Crippen molar-refractivity contribution in [3.8, 4) is 22.8 Å². The van der Waals surface area contributed by atoms with Crippen LogP contribution in [0, 0.1) is 0 Å². The van der Waals surface area contributed by atoms with E-state index in [9.17, 15) is 4.79 Å². The second-order valence-corrected chi connectivity index (χ2v) is 7.35. The van der Waals surface area contributed by atoms with E-state index in [1.807, 2.05) is 35.7 Å².